The Hall–Kier alpha value is -2.57. The van der Waals surface area contributed by atoms with Gasteiger partial charge in [-0.1, -0.05) is 0 Å². The lowest BCUT2D eigenvalue weighted by Crippen LogP contribution is -2.31. The molecule has 1 rings (SSSR count). The molecule has 1 aromatic rings. The standard InChI is InChI=1S/C12H14N2O5/c1-7(15)13-6-11(16)14-10-5-8(19-2)3-4-9(10)12(17)18/h3-5H,6H2,1-2H3,(H,13,15)(H,14,16)(H,17,18). The highest BCUT2D eigenvalue weighted by molar-refractivity contribution is 6.02. The molecule has 0 aliphatic heterocycles. The zero-order valence-electron chi connectivity index (χ0n) is 10.5. The first-order valence-corrected chi connectivity index (χ1v) is 5.39. The number of benzene rings is 1. The van der Waals surface area contributed by atoms with Gasteiger partial charge in [0, 0.05) is 13.0 Å². The van der Waals surface area contributed by atoms with Crippen molar-refractivity contribution in [2.45, 2.75) is 6.92 Å². The van der Waals surface area contributed by atoms with Crippen molar-refractivity contribution in [1.29, 1.82) is 0 Å². The number of carbonyl (C=O) groups is 3. The van der Waals surface area contributed by atoms with E-state index in [4.69, 9.17) is 9.84 Å². The van der Waals surface area contributed by atoms with Gasteiger partial charge in [-0.2, -0.15) is 0 Å². The number of aromatic carboxylic acids is 1. The van der Waals surface area contributed by atoms with Crippen LogP contribution in [0, 0.1) is 0 Å². The Morgan fingerprint density at radius 2 is 2.00 bits per heavy atom. The Balaban J connectivity index is 2.88. The second-order valence-corrected chi connectivity index (χ2v) is 3.67. The number of hydrogen-bond acceptors (Lipinski definition) is 4. The van der Waals surface area contributed by atoms with Crippen LogP contribution in [0.1, 0.15) is 17.3 Å². The smallest absolute Gasteiger partial charge is 0.337 e. The summed E-state index contributed by atoms with van der Waals surface area (Å²) >= 11 is 0. The lowest BCUT2D eigenvalue weighted by atomic mass is 10.1. The maximum absolute atomic E-state index is 11.5. The molecule has 102 valence electrons. The highest BCUT2D eigenvalue weighted by atomic mass is 16.5. The fourth-order valence-corrected chi connectivity index (χ4v) is 1.34. The summed E-state index contributed by atoms with van der Waals surface area (Å²) in [5, 5.41) is 13.7. The van der Waals surface area contributed by atoms with Crippen molar-refractivity contribution in [3.8, 4) is 5.75 Å². The van der Waals surface area contributed by atoms with Crippen LogP contribution in [-0.2, 0) is 9.59 Å². The molecular formula is C12H14N2O5. The summed E-state index contributed by atoms with van der Waals surface area (Å²) in [6.07, 6.45) is 0. The number of ether oxygens (including phenoxy) is 1. The van der Waals surface area contributed by atoms with Crippen molar-refractivity contribution in [2.24, 2.45) is 0 Å². The molecule has 7 heteroatoms. The fraction of sp³-hybridized carbons (Fsp3) is 0.250. The summed E-state index contributed by atoms with van der Waals surface area (Å²) in [4.78, 5) is 33.2. The van der Waals surface area contributed by atoms with Gasteiger partial charge in [0.05, 0.1) is 24.9 Å². The number of rotatable bonds is 5. The van der Waals surface area contributed by atoms with E-state index in [-0.39, 0.29) is 23.7 Å². The topological polar surface area (TPSA) is 105 Å². The van der Waals surface area contributed by atoms with E-state index in [1.54, 1.807) is 0 Å². The molecule has 0 saturated carbocycles. The largest absolute Gasteiger partial charge is 0.497 e. The van der Waals surface area contributed by atoms with Crippen LogP contribution in [-0.4, -0.2) is 36.5 Å². The van der Waals surface area contributed by atoms with Gasteiger partial charge in [-0.15, -0.1) is 0 Å². The molecule has 7 nitrogen and oxygen atoms in total. The number of carbonyl (C=O) groups excluding carboxylic acids is 2. The van der Waals surface area contributed by atoms with Crippen LogP contribution in [0.15, 0.2) is 18.2 Å². The predicted octanol–water partition coefficient (Wildman–Crippen LogP) is 0.468. The molecule has 0 heterocycles. The summed E-state index contributed by atoms with van der Waals surface area (Å²) in [7, 11) is 1.43. The predicted molar refractivity (Wildman–Crippen MR) is 67.3 cm³/mol. The molecule has 0 fully saturated rings. The summed E-state index contributed by atoms with van der Waals surface area (Å²) in [5.74, 6) is -1.62. The van der Waals surface area contributed by atoms with E-state index < -0.39 is 11.9 Å². The highest BCUT2D eigenvalue weighted by Crippen LogP contribution is 2.22. The van der Waals surface area contributed by atoms with Crippen LogP contribution in [0.2, 0.25) is 0 Å². The minimum atomic E-state index is -1.17. The Kier molecular flexibility index (Phi) is 4.87. The van der Waals surface area contributed by atoms with Crippen LogP contribution in [0.25, 0.3) is 0 Å². The lowest BCUT2D eigenvalue weighted by Gasteiger charge is -2.10. The molecule has 0 unspecified atom stereocenters. The van der Waals surface area contributed by atoms with Crippen molar-refractivity contribution in [3.63, 3.8) is 0 Å². The van der Waals surface area contributed by atoms with Crippen LogP contribution in [0.3, 0.4) is 0 Å². The van der Waals surface area contributed by atoms with Gasteiger partial charge < -0.3 is 20.5 Å². The summed E-state index contributed by atoms with van der Waals surface area (Å²) in [6, 6.07) is 4.21. The SMILES string of the molecule is COc1ccc(C(=O)O)c(NC(=O)CNC(C)=O)c1. The molecule has 0 saturated heterocycles. The minimum Gasteiger partial charge on any atom is -0.497 e. The Morgan fingerprint density at radius 1 is 1.32 bits per heavy atom. The maximum atomic E-state index is 11.5. The molecule has 0 aliphatic carbocycles. The summed E-state index contributed by atoms with van der Waals surface area (Å²) in [6.45, 7) is 1.05. The Bertz CT molecular complexity index is 513. The molecule has 0 atom stereocenters. The molecule has 0 radical (unpaired) electrons. The number of methoxy groups -OCH3 is 1. The molecular weight excluding hydrogens is 252 g/mol. The molecule has 1 aromatic carbocycles. The molecule has 2 amide bonds. The second-order valence-electron chi connectivity index (χ2n) is 3.67. The first-order chi connectivity index (χ1) is 8.93. The van der Waals surface area contributed by atoms with Crippen molar-refractivity contribution in [2.75, 3.05) is 19.0 Å². The number of carboxylic acids is 1. The van der Waals surface area contributed by atoms with Crippen molar-refractivity contribution in [3.05, 3.63) is 23.8 Å². The first-order valence-electron chi connectivity index (χ1n) is 5.39. The van der Waals surface area contributed by atoms with E-state index in [1.165, 1.54) is 32.2 Å². The number of amides is 2. The van der Waals surface area contributed by atoms with E-state index in [9.17, 15) is 14.4 Å². The van der Waals surface area contributed by atoms with Crippen molar-refractivity contribution in [1.82, 2.24) is 5.32 Å². The van der Waals surface area contributed by atoms with Gasteiger partial charge in [0.2, 0.25) is 11.8 Å². The molecule has 0 aromatic heterocycles. The minimum absolute atomic E-state index is 0.0584. The Morgan fingerprint density at radius 3 is 2.53 bits per heavy atom. The lowest BCUT2D eigenvalue weighted by molar-refractivity contribution is -0.122. The quantitative estimate of drug-likeness (QED) is 0.718. The first kappa shape index (κ1) is 14.5. The third-order valence-corrected chi connectivity index (χ3v) is 2.23. The second kappa shape index (κ2) is 6.39. The average Bonchev–Trinajstić information content (AvgIpc) is 2.35. The van der Waals surface area contributed by atoms with Crippen LogP contribution in [0.5, 0.6) is 5.75 Å². The zero-order chi connectivity index (χ0) is 14.4. The Labute approximate surface area is 109 Å². The van der Waals surface area contributed by atoms with Gasteiger partial charge in [0.25, 0.3) is 0 Å². The van der Waals surface area contributed by atoms with Crippen molar-refractivity contribution < 1.29 is 24.2 Å². The van der Waals surface area contributed by atoms with Crippen LogP contribution < -0.4 is 15.4 Å². The number of anilines is 1. The molecule has 3 N–H and O–H groups in total. The van der Waals surface area contributed by atoms with Crippen LogP contribution in [0.4, 0.5) is 5.69 Å². The van der Waals surface area contributed by atoms with Gasteiger partial charge in [0.1, 0.15) is 5.75 Å². The van der Waals surface area contributed by atoms with E-state index in [0.717, 1.165) is 0 Å². The third-order valence-electron chi connectivity index (χ3n) is 2.23. The third kappa shape index (κ3) is 4.30. The maximum Gasteiger partial charge on any atom is 0.337 e. The van der Waals surface area contributed by atoms with Gasteiger partial charge in [0.15, 0.2) is 0 Å². The van der Waals surface area contributed by atoms with E-state index in [2.05, 4.69) is 10.6 Å². The highest BCUT2D eigenvalue weighted by Gasteiger charge is 2.13. The van der Waals surface area contributed by atoms with Gasteiger partial charge >= 0.3 is 5.97 Å². The molecule has 0 bridgehead atoms. The van der Waals surface area contributed by atoms with E-state index in [1.807, 2.05) is 0 Å². The number of carboxylic acid groups (broad SMARTS) is 1. The average molecular weight is 266 g/mol. The monoisotopic (exact) mass is 266 g/mol. The van der Waals surface area contributed by atoms with Gasteiger partial charge in [-0.25, -0.2) is 4.79 Å². The molecule has 19 heavy (non-hydrogen) atoms. The summed E-state index contributed by atoms with van der Waals surface area (Å²) < 4.78 is 4.96. The number of nitrogens with one attached hydrogen (secondary N) is 2. The van der Waals surface area contributed by atoms with Crippen LogP contribution >= 0.6 is 0 Å². The molecule has 0 aliphatic rings. The number of hydrogen-bond donors (Lipinski definition) is 3. The van der Waals surface area contributed by atoms with Gasteiger partial charge in [-0.05, 0) is 12.1 Å². The molecule has 0 spiro atoms. The summed E-state index contributed by atoms with van der Waals surface area (Å²) in [5.41, 5.74) is 0.0548. The zero-order valence-corrected chi connectivity index (χ0v) is 10.5. The fourth-order valence-electron chi connectivity index (χ4n) is 1.34. The normalized spacial score (nSPS) is 9.58. The van der Waals surface area contributed by atoms with E-state index in [0.29, 0.717) is 5.75 Å². The van der Waals surface area contributed by atoms with Gasteiger partial charge in [-0.3, -0.25) is 9.59 Å². The van der Waals surface area contributed by atoms with E-state index >= 15 is 0 Å². The van der Waals surface area contributed by atoms with Crippen molar-refractivity contribution >= 4 is 23.5 Å².